The van der Waals surface area contributed by atoms with Crippen molar-refractivity contribution in [2.24, 2.45) is 5.92 Å². The Bertz CT molecular complexity index is 668. The van der Waals surface area contributed by atoms with Gasteiger partial charge >= 0.3 is 0 Å². The molecule has 0 N–H and O–H groups in total. The van der Waals surface area contributed by atoms with Gasteiger partial charge in [-0.1, -0.05) is 30.3 Å². The Morgan fingerprint density at radius 3 is 2.35 bits per heavy atom. The van der Waals surface area contributed by atoms with Crippen LogP contribution < -0.4 is 4.90 Å². The third kappa shape index (κ3) is 2.91. The Morgan fingerprint density at radius 1 is 0.957 bits per heavy atom. The summed E-state index contributed by atoms with van der Waals surface area (Å²) in [5.41, 5.74) is 1.29. The lowest BCUT2D eigenvalue weighted by Gasteiger charge is -2.34. The Balaban J connectivity index is 1.34. The highest BCUT2D eigenvalue weighted by Crippen LogP contribution is 2.48. The van der Waals surface area contributed by atoms with Gasteiger partial charge in [-0.15, -0.1) is 0 Å². The Labute approximate surface area is 136 Å². The smallest absolute Gasteiger partial charge is 0.226 e. The molecule has 118 valence electrons. The van der Waals surface area contributed by atoms with E-state index >= 15 is 0 Å². The summed E-state index contributed by atoms with van der Waals surface area (Å²) in [7, 11) is 0. The Morgan fingerprint density at radius 2 is 1.65 bits per heavy atom. The highest BCUT2D eigenvalue weighted by molar-refractivity contribution is 5.83. The van der Waals surface area contributed by atoms with E-state index in [0.29, 0.717) is 11.8 Å². The lowest BCUT2D eigenvalue weighted by molar-refractivity contribution is -0.133. The second-order valence-electron chi connectivity index (χ2n) is 6.22. The SMILES string of the molecule is O=C([C@@H]1C[C@H]1c1ccccc1)N1CCN(c2ncccn2)CC1. The molecule has 23 heavy (non-hydrogen) atoms. The zero-order valence-corrected chi connectivity index (χ0v) is 13.0. The molecule has 0 unspecified atom stereocenters. The molecule has 2 aromatic rings. The predicted octanol–water partition coefficient (Wildman–Crippen LogP) is 1.93. The average molecular weight is 308 g/mol. The van der Waals surface area contributed by atoms with Gasteiger partial charge in [-0.2, -0.15) is 0 Å². The molecule has 2 heterocycles. The summed E-state index contributed by atoms with van der Waals surface area (Å²) in [5, 5.41) is 0. The largest absolute Gasteiger partial charge is 0.339 e. The van der Waals surface area contributed by atoms with E-state index in [-0.39, 0.29) is 5.92 Å². The van der Waals surface area contributed by atoms with Gasteiger partial charge in [-0.05, 0) is 24.0 Å². The van der Waals surface area contributed by atoms with Crippen LogP contribution in [0.2, 0.25) is 0 Å². The summed E-state index contributed by atoms with van der Waals surface area (Å²) in [4.78, 5) is 25.4. The predicted molar refractivity (Wildman–Crippen MR) is 88.1 cm³/mol. The standard InChI is InChI=1S/C18H20N4O/c23-17(16-13-15(16)14-5-2-1-3-6-14)21-9-11-22(12-10-21)18-19-7-4-8-20-18/h1-8,15-16H,9-13H2/t15-,16+/m0/s1. The maximum atomic E-state index is 12.7. The molecule has 5 nitrogen and oxygen atoms in total. The number of amides is 1. The molecule has 0 radical (unpaired) electrons. The summed E-state index contributed by atoms with van der Waals surface area (Å²) >= 11 is 0. The number of anilines is 1. The first-order valence-electron chi connectivity index (χ1n) is 8.18. The zero-order chi connectivity index (χ0) is 15.6. The van der Waals surface area contributed by atoms with Gasteiger partial charge in [0, 0.05) is 44.5 Å². The van der Waals surface area contributed by atoms with Crippen molar-refractivity contribution in [3.63, 3.8) is 0 Å². The van der Waals surface area contributed by atoms with Crippen LogP contribution in [0.5, 0.6) is 0 Å². The quantitative estimate of drug-likeness (QED) is 0.869. The van der Waals surface area contributed by atoms with Crippen LogP contribution in [-0.4, -0.2) is 47.0 Å². The first kappa shape index (κ1) is 14.2. The van der Waals surface area contributed by atoms with Crippen LogP contribution in [-0.2, 0) is 4.79 Å². The third-order valence-electron chi connectivity index (χ3n) is 4.76. The zero-order valence-electron chi connectivity index (χ0n) is 13.0. The van der Waals surface area contributed by atoms with Gasteiger partial charge < -0.3 is 9.80 Å². The minimum Gasteiger partial charge on any atom is -0.339 e. The van der Waals surface area contributed by atoms with Gasteiger partial charge in [0.25, 0.3) is 0 Å². The summed E-state index contributed by atoms with van der Waals surface area (Å²) in [5.74, 6) is 1.66. The number of benzene rings is 1. The molecule has 1 aliphatic heterocycles. The maximum absolute atomic E-state index is 12.7. The second-order valence-corrected chi connectivity index (χ2v) is 6.22. The van der Waals surface area contributed by atoms with Crippen LogP contribution in [0.1, 0.15) is 17.9 Å². The molecule has 5 heteroatoms. The summed E-state index contributed by atoms with van der Waals surface area (Å²) in [6, 6.07) is 12.2. The van der Waals surface area contributed by atoms with Crippen molar-refractivity contribution in [1.29, 1.82) is 0 Å². The van der Waals surface area contributed by atoms with E-state index in [1.165, 1.54) is 5.56 Å². The lowest BCUT2D eigenvalue weighted by Crippen LogP contribution is -2.49. The minimum atomic E-state index is 0.178. The fourth-order valence-electron chi connectivity index (χ4n) is 3.35. The second kappa shape index (κ2) is 5.99. The van der Waals surface area contributed by atoms with Crippen LogP contribution in [0, 0.1) is 5.92 Å². The fourth-order valence-corrected chi connectivity index (χ4v) is 3.35. The molecule has 2 fully saturated rings. The van der Waals surface area contributed by atoms with Crippen molar-refractivity contribution in [3.05, 3.63) is 54.4 Å². The summed E-state index contributed by atoms with van der Waals surface area (Å²) in [6.45, 7) is 3.13. The van der Waals surface area contributed by atoms with E-state index in [1.807, 2.05) is 29.2 Å². The summed E-state index contributed by atoms with van der Waals surface area (Å²) in [6.07, 6.45) is 4.51. The number of hydrogen-bond acceptors (Lipinski definition) is 4. The topological polar surface area (TPSA) is 49.3 Å². The number of piperazine rings is 1. The molecule has 1 aromatic carbocycles. The van der Waals surface area contributed by atoms with E-state index in [9.17, 15) is 4.79 Å². The third-order valence-corrected chi connectivity index (χ3v) is 4.76. The number of hydrogen-bond donors (Lipinski definition) is 0. The van der Waals surface area contributed by atoms with Gasteiger partial charge in [0.05, 0.1) is 0 Å². The van der Waals surface area contributed by atoms with Crippen molar-refractivity contribution < 1.29 is 4.79 Å². The fraction of sp³-hybridized carbons (Fsp3) is 0.389. The molecular weight excluding hydrogens is 288 g/mol. The summed E-state index contributed by atoms with van der Waals surface area (Å²) < 4.78 is 0. The van der Waals surface area contributed by atoms with Crippen molar-refractivity contribution in [2.45, 2.75) is 12.3 Å². The first-order valence-corrected chi connectivity index (χ1v) is 8.18. The van der Waals surface area contributed by atoms with Gasteiger partial charge in [-0.3, -0.25) is 4.79 Å². The number of carbonyl (C=O) groups is 1. The highest BCUT2D eigenvalue weighted by Gasteiger charge is 2.46. The van der Waals surface area contributed by atoms with Crippen LogP contribution in [0.25, 0.3) is 0 Å². The molecule has 1 aliphatic carbocycles. The number of carbonyl (C=O) groups excluding carboxylic acids is 1. The van der Waals surface area contributed by atoms with E-state index < -0.39 is 0 Å². The van der Waals surface area contributed by atoms with Crippen LogP contribution >= 0.6 is 0 Å². The van der Waals surface area contributed by atoms with Crippen molar-refractivity contribution in [2.75, 3.05) is 31.1 Å². The Hall–Kier alpha value is -2.43. The Kier molecular flexibility index (Phi) is 3.69. The molecule has 1 saturated heterocycles. The number of nitrogens with zero attached hydrogens (tertiary/aromatic N) is 4. The molecule has 4 rings (SSSR count). The maximum Gasteiger partial charge on any atom is 0.226 e. The molecule has 1 amide bonds. The van der Waals surface area contributed by atoms with Crippen LogP contribution in [0.4, 0.5) is 5.95 Å². The number of aromatic nitrogens is 2. The van der Waals surface area contributed by atoms with Gasteiger partial charge in [0.1, 0.15) is 0 Å². The van der Waals surface area contributed by atoms with Crippen LogP contribution in [0.3, 0.4) is 0 Å². The van der Waals surface area contributed by atoms with E-state index in [2.05, 4.69) is 27.0 Å². The highest BCUT2D eigenvalue weighted by atomic mass is 16.2. The monoisotopic (exact) mass is 308 g/mol. The average Bonchev–Trinajstić information content (AvgIpc) is 3.44. The normalized spacial score (nSPS) is 23.7. The molecule has 1 saturated carbocycles. The molecule has 2 atom stereocenters. The molecule has 0 bridgehead atoms. The van der Waals surface area contributed by atoms with Crippen molar-refractivity contribution >= 4 is 11.9 Å². The molecule has 2 aliphatic rings. The van der Waals surface area contributed by atoms with Gasteiger partial charge in [0.15, 0.2) is 0 Å². The van der Waals surface area contributed by atoms with Crippen molar-refractivity contribution in [3.8, 4) is 0 Å². The molecule has 0 spiro atoms. The minimum absolute atomic E-state index is 0.178. The molecule has 1 aromatic heterocycles. The van der Waals surface area contributed by atoms with Crippen LogP contribution in [0.15, 0.2) is 48.8 Å². The van der Waals surface area contributed by atoms with E-state index in [4.69, 9.17) is 0 Å². The van der Waals surface area contributed by atoms with Gasteiger partial charge in [0.2, 0.25) is 11.9 Å². The van der Waals surface area contributed by atoms with E-state index in [1.54, 1.807) is 12.4 Å². The first-order chi connectivity index (χ1) is 11.3. The molecular formula is C18H20N4O. The van der Waals surface area contributed by atoms with Gasteiger partial charge in [-0.25, -0.2) is 9.97 Å². The number of rotatable bonds is 3. The lowest BCUT2D eigenvalue weighted by atomic mass is 10.1. The van der Waals surface area contributed by atoms with Crippen molar-refractivity contribution in [1.82, 2.24) is 14.9 Å². The van der Waals surface area contributed by atoms with E-state index in [0.717, 1.165) is 38.5 Å².